The van der Waals surface area contributed by atoms with Crippen LogP contribution in [-0.2, 0) is 19.5 Å². The normalized spacial score (nSPS) is 11.5. The monoisotopic (exact) mass is 445 g/mol. The Bertz CT molecular complexity index is 1560. The Morgan fingerprint density at radius 3 is 2.55 bits per heavy atom. The van der Waals surface area contributed by atoms with E-state index in [1.807, 2.05) is 42.8 Å². The Kier molecular flexibility index (Phi) is 5.08. The fourth-order valence-electron chi connectivity index (χ4n) is 4.08. The van der Waals surface area contributed by atoms with Gasteiger partial charge < -0.3 is 0 Å². The van der Waals surface area contributed by atoms with Crippen LogP contribution in [-0.4, -0.2) is 29.7 Å². The van der Waals surface area contributed by atoms with Gasteiger partial charge in [0.1, 0.15) is 5.82 Å². The number of benzene rings is 2. The first kappa shape index (κ1) is 20.7. The number of Topliss-reactive ketones (excluding diaryl/α,β-unsaturated/α-hetero) is 1. The maximum atomic E-state index is 13.3. The van der Waals surface area contributed by atoms with Crippen LogP contribution in [0.25, 0.3) is 16.6 Å². The number of aromatic amines is 1. The smallest absolute Gasteiger partial charge is 0.292 e. The van der Waals surface area contributed by atoms with E-state index in [9.17, 15) is 14.0 Å². The summed E-state index contributed by atoms with van der Waals surface area (Å²) in [5.41, 5.74) is 3.11. The highest BCUT2D eigenvalue weighted by Gasteiger charge is 2.23. The Morgan fingerprint density at radius 2 is 1.82 bits per heavy atom. The molecule has 166 valence electrons. The minimum atomic E-state index is -0.423. The summed E-state index contributed by atoms with van der Waals surface area (Å²) in [6.07, 6.45) is 0.561. The number of fused-ring (bicyclic) bond motifs is 3. The SMILES string of the molecule is Cc1cc(C)n(CCc2nn3c(=O)n(CC(=O)c4ccc(F)cc4)c4ccccc4c3[nH+]2)n1. The fraction of sp³-hybridized carbons (Fsp3) is 0.208. The van der Waals surface area contributed by atoms with Crippen LogP contribution in [0.3, 0.4) is 0 Å². The summed E-state index contributed by atoms with van der Waals surface area (Å²) < 4.78 is 17.8. The number of para-hydroxylation sites is 1. The number of rotatable bonds is 6. The van der Waals surface area contributed by atoms with E-state index in [1.54, 1.807) is 6.07 Å². The van der Waals surface area contributed by atoms with Gasteiger partial charge in [-0.05, 0) is 60.8 Å². The molecule has 0 aliphatic heterocycles. The molecule has 0 aliphatic rings. The summed E-state index contributed by atoms with van der Waals surface area (Å²) in [6.45, 7) is 4.39. The highest BCUT2D eigenvalue weighted by Crippen LogP contribution is 2.16. The number of halogens is 1. The number of hydrogen-bond acceptors (Lipinski definition) is 4. The molecule has 5 aromatic rings. The predicted octanol–water partition coefficient (Wildman–Crippen LogP) is 2.54. The van der Waals surface area contributed by atoms with Crippen molar-refractivity contribution in [3.8, 4) is 0 Å². The lowest BCUT2D eigenvalue weighted by atomic mass is 10.1. The molecule has 3 aromatic heterocycles. The first-order valence-corrected chi connectivity index (χ1v) is 10.6. The van der Waals surface area contributed by atoms with E-state index in [4.69, 9.17) is 0 Å². The van der Waals surface area contributed by atoms with E-state index >= 15 is 0 Å². The molecular weight excluding hydrogens is 423 g/mol. The molecule has 3 heterocycles. The van der Waals surface area contributed by atoms with Gasteiger partial charge in [0.2, 0.25) is 0 Å². The number of H-pyrrole nitrogens is 1. The summed E-state index contributed by atoms with van der Waals surface area (Å²) in [7, 11) is 0. The zero-order valence-electron chi connectivity index (χ0n) is 18.2. The molecule has 8 nitrogen and oxygen atoms in total. The Balaban J connectivity index is 1.54. The number of ketones is 1. The number of nitrogens with zero attached hydrogens (tertiary/aromatic N) is 5. The van der Waals surface area contributed by atoms with Crippen LogP contribution in [0.1, 0.15) is 27.6 Å². The number of hydrogen-bond donors (Lipinski definition) is 0. The molecule has 9 heteroatoms. The molecule has 0 bridgehead atoms. The van der Waals surface area contributed by atoms with Crippen molar-refractivity contribution in [2.24, 2.45) is 0 Å². The van der Waals surface area contributed by atoms with Crippen LogP contribution in [0, 0.1) is 19.7 Å². The largest absolute Gasteiger partial charge is 0.423 e. The van der Waals surface area contributed by atoms with E-state index in [2.05, 4.69) is 15.2 Å². The van der Waals surface area contributed by atoms with Crippen LogP contribution >= 0.6 is 0 Å². The average Bonchev–Trinajstić information content (AvgIpc) is 3.38. The van der Waals surface area contributed by atoms with Gasteiger partial charge in [-0.15, -0.1) is 0 Å². The molecule has 0 atom stereocenters. The van der Waals surface area contributed by atoms with E-state index in [-0.39, 0.29) is 12.3 Å². The number of aryl methyl sites for hydroxylation is 4. The van der Waals surface area contributed by atoms with Crippen LogP contribution < -0.4 is 10.7 Å². The Hall–Kier alpha value is -4.14. The van der Waals surface area contributed by atoms with E-state index in [0.717, 1.165) is 16.8 Å². The summed E-state index contributed by atoms with van der Waals surface area (Å²) in [5.74, 6) is -0.0643. The average molecular weight is 445 g/mol. The van der Waals surface area contributed by atoms with Crippen molar-refractivity contribution in [3.63, 3.8) is 0 Å². The van der Waals surface area contributed by atoms with Crippen molar-refractivity contribution in [2.45, 2.75) is 33.4 Å². The van der Waals surface area contributed by atoms with Gasteiger partial charge in [-0.25, -0.2) is 14.2 Å². The van der Waals surface area contributed by atoms with Gasteiger partial charge in [0.05, 0.1) is 41.2 Å². The highest BCUT2D eigenvalue weighted by atomic mass is 19.1. The van der Waals surface area contributed by atoms with Gasteiger partial charge in [-0.3, -0.25) is 14.0 Å². The second kappa shape index (κ2) is 8.09. The topological polar surface area (TPSA) is 88.3 Å². The molecule has 0 aliphatic carbocycles. The van der Waals surface area contributed by atoms with Crippen molar-refractivity contribution < 1.29 is 14.2 Å². The number of carbonyl (C=O) groups is 1. The summed E-state index contributed by atoms with van der Waals surface area (Å²) in [4.78, 5) is 29.4. The van der Waals surface area contributed by atoms with Gasteiger partial charge in [0.25, 0.3) is 11.5 Å². The maximum absolute atomic E-state index is 13.3. The molecule has 0 unspecified atom stereocenters. The first-order chi connectivity index (χ1) is 15.9. The summed E-state index contributed by atoms with van der Waals surface area (Å²) in [6, 6.07) is 14.7. The number of carbonyl (C=O) groups excluding carboxylic acids is 1. The van der Waals surface area contributed by atoms with Crippen molar-refractivity contribution in [3.05, 3.63) is 93.7 Å². The van der Waals surface area contributed by atoms with E-state index in [1.165, 1.54) is 33.3 Å². The Labute approximate surface area is 187 Å². The van der Waals surface area contributed by atoms with E-state index < -0.39 is 11.5 Å². The third-order valence-electron chi connectivity index (χ3n) is 5.69. The van der Waals surface area contributed by atoms with Gasteiger partial charge in [-0.1, -0.05) is 12.1 Å². The zero-order chi connectivity index (χ0) is 23.1. The van der Waals surface area contributed by atoms with Crippen molar-refractivity contribution in [2.75, 3.05) is 0 Å². The minimum Gasteiger partial charge on any atom is -0.292 e. The molecule has 0 fully saturated rings. The second-order valence-electron chi connectivity index (χ2n) is 8.05. The molecular formula is C24H22FN6O2+. The van der Waals surface area contributed by atoms with Crippen molar-refractivity contribution >= 4 is 22.3 Å². The van der Waals surface area contributed by atoms with Crippen LogP contribution in [0.5, 0.6) is 0 Å². The molecule has 0 radical (unpaired) electrons. The van der Waals surface area contributed by atoms with Crippen molar-refractivity contribution in [1.82, 2.24) is 24.0 Å². The minimum absolute atomic E-state index is 0.179. The van der Waals surface area contributed by atoms with Gasteiger partial charge in [-0.2, -0.15) is 5.10 Å². The van der Waals surface area contributed by atoms with E-state index in [0.29, 0.717) is 35.5 Å². The summed E-state index contributed by atoms with van der Waals surface area (Å²) >= 11 is 0. The lowest BCUT2D eigenvalue weighted by Crippen LogP contribution is -2.31. The quantitative estimate of drug-likeness (QED) is 0.376. The number of aromatic nitrogens is 6. The molecule has 0 saturated heterocycles. The first-order valence-electron chi connectivity index (χ1n) is 10.6. The van der Waals surface area contributed by atoms with Gasteiger partial charge >= 0.3 is 5.69 Å². The number of nitrogens with one attached hydrogen (secondary N) is 1. The van der Waals surface area contributed by atoms with Crippen LogP contribution in [0.2, 0.25) is 0 Å². The lowest BCUT2D eigenvalue weighted by molar-refractivity contribution is -0.358. The lowest BCUT2D eigenvalue weighted by Gasteiger charge is -2.08. The predicted molar refractivity (Wildman–Crippen MR) is 120 cm³/mol. The molecule has 2 aromatic carbocycles. The summed E-state index contributed by atoms with van der Waals surface area (Å²) in [5, 5.41) is 9.73. The molecule has 0 spiro atoms. The van der Waals surface area contributed by atoms with Crippen molar-refractivity contribution in [1.29, 1.82) is 0 Å². The van der Waals surface area contributed by atoms with Crippen LogP contribution in [0.15, 0.2) is 59.4 Å². The third kappa shape index (κ3) is 3.82. The molecule has 5 rings (SSSR count). The van der Waals surface area contributed by atoms with Gasteiger partial charge in [0.15, 0.2) is 5.78 Å². The second-order valence-corrected chi connectivity index (χ2v) is 8.05. The molecule has 0 amide bonds. The molecule has 0 saturated carbocycles. The fourth-order valence-corrected chi connectivity index (χ4v) is 4.08. The zero-order valence-corrected chi connectivity index (χ0v) is 18.2. The van der Waals surface area contributed by atoms with Gasteiger partial charge in [0, 0.05) is 11.3 Å². The standard InChI is InChI=1S/C24H21FN6O2/c1-15-13-16(2)30(27-15)12-11-22-26-23-19-5-3-4-6-20(19)29(24(33)31(23)28-22)14-21(32)17-7-9-18(25)10-8-17/h3-10,13H,11-12,14H2,1-2H3/p+1. The maximum Gasteiger partial charge on any atom is 0.423 e. The highest BCUT2D eigenvalue weighted by molar-refractivity contribution is 5.97. The Morgan fingerprint density at radius 1 is 1.06 bits per heavy atom. The van der Waals surface area contributed by atoms with Crippen LogP contribution in [0.4, 0.5) is 4.39 Å². The third-order valence-corrected chi connectivity index (χ3v) is 5.69. The molecule has 1 N–H and O–H groups in total. The molecule has 33 heavy (non-hydrogen) atoms.